The molecule has 0 spiro atoms. The van der Waals surface area contributed by atoms with Gasteiger partial charge >= 0.3 is 0 Å². The molecule has 0 fully saturated rings. The van der Waals surface area contributed by atoms with Crippen molar-refractivity contribution in [1.29, 1.82) is 0 Å². The Morgan fingerprint density at radius 2 is 1.90 bits per heavy atom. The van der Waals surface area contributed by atoms with Crippen LogP contribution in [-0.4, -0.2) is 5.71 Å². The predicted molar refractivity (Wildman–Crippen MR) is 88.2 cm³/mol. The zero-order valence-corrected chi connectivity index (χ0v) is 12.5. The summed E-state index contributed by atoms with van der Waals surface area (Å²) in [6, 6.07) is 10.6. The Hall–Kier alpha value is -1.63. The number of nitrogens with zero attached hydrogens (tertiary/aromatic N) is 1. The lowest BCUT2D eigenvalue weighted by Crippen LogP contribution is -1.96. The highest BCUT2D eigenvalue weighted by Crippen LogP contribution is 2.15. The van der Waals surface area contributed by atoms with E-state index in [0.29, 0.717) is 0 Å². The van der Waals surface area contributed by atoms with E-state index >= 15 is 0 Å². The van der Waals surface area contributed by atoms with Crippen molar-refractivity contribution in [1.82, 2.24) is 0 Å². The van der Waals surface area contributed by atoms with Gasteiger partial charge in [0.2, 0.25) is 0 Å². The Morgan fingerprint density at radius 1 is 1.05 bits per heavy atom. The number of unbranched alkanes of at least 4 members (excludes halogenated alkanes) is 3. The summed E-state index contributed by atoms with van der Waals surface area (Å²) < 4.78 is 0. The molecule has 0 amide bonds. The largest absolute Gasteiger partial charge is 0.265 e. The number of rotatable bonds is 7. The van der Waals surface area contributed by atoms with Gasteiger partial charge in [-0.15, -0.1) is 0 Å². The van der Waals surface area contributed by atoms with E-state index < -0.39 is 0 Å². The van der Waals surface area contributed by atoms with Crippen molar-refractivity contribution in [3.05, 3.63) is 59.8 Å². The third kappa shape index (κ3) is 5.16. The van der Waals surface area contributed by atoms with Gasteiger partial charge in [0, 0.05) is 18.3 Å². The lowest BCUT2D eigenvalue weighted by Gasteiger charge is -2.03. The molecule has 1 aromatic rings. The summed E-state index contributed by atoms with van der Waals surface area (Å²) in [7, 11) is 0. The fourth-order valence-electron chi connectivity index (χ4n) is 2.49. The molecule has 106 valence electrons. The third-order valence-corrected chi connectivity index (χ3v) is 3.72. The number of aliphatic imine (C=N–C) groups is 1. The lowest BCUT2D eigenvalue weighted by molar-refractivity contribution is 0.681. The van der Waals surface area contributed by atoms with E-state index in [2.05, 4.69) is 54.4 Å². The Balaban J connectivity index is 1.83. The van der Waals surface area contributed by atoms with Crippen LogP contribution in [0.4, 0.5) is 0 Å². The molecule has 0 saturated heterocycles. The maximum atomic E-state index is 4.60. The molecule has 0 atom stereocenters. The second-order valence-electron chi connectivity index (χ2n) is 5.47. The first-order valence-electron chi connectivity index (χ1n) is 7.83. The van der Waals surface area contributed by atoms with E-state index in [-0.39, 0.29) is 0 Å². The van der Waals surface area contributed by atoms with Crippen molar-refractivity contribution in [2.24, 2.45) is 4.99 Å². The molecule has 1 aromatic carbocycles. The van der Waals surface area contributed by atoms with Gasteiger partial charge in [-0.2, -0.15) is 0 Å². The number of allylic oxidation sites excluding steroid dienone is 3. The van der Waals surface area contributed by atoms with Crippen LogP contribution in [0.1, 0.15) is 51.0 Å². The normalized spacial score (nSPS) is 14.7. The SMILES string of the molecule is CCCCCCC1=NC=CC(Cc2ccccc2)=CC1. The minimum atomic E-state index is 1.01. The van der Waals surface area contributed by atoms with Crippen molar-refractivity contribution >= 4 is 5.71 Å². The molecule has 0 radical (unpaired) electrons. The molecule has 1 aliphatic heterocycles. The standard InChI is InChI=1S/C19H25N/c1-2-3-4-8-11-19-13-12-18(14-15-20-19)16-17-9-6-5-7-10-17/h5-7,9-10,12,14-15H,2-4,8,11,13,16H2,1H3. The summed E-state index contributed by atoms with van der Waals surface area (Å²) in [5.41, 5.74) is 4.08. The molecular formula is C19H25N. The first-order valence-corrected chi connectivity index (χ1v) is 7.83. The second-order valence-corrected chi connectivity index (χ2v) is 5.47. The summed E-state index contributed by atoms with van der Waals surface area (Å²) >= 11 is 0. The van der Waals surface area contributed by atoms with Crippen LogP contribution in [0.3, 0.4) is 0 Å². The highest BCUT2D eigenvalue weighted by molar-refractivity contribution is 5.86. The molecule has 0 aliphatic carbocycles. The van der Waals surface area contributed by atoms with E-state index in [0.717, 1.165) is 19.3 Å². The molecule has 0 bridgehead atoms. The first-order chi connectivity index (χ1) is 9.88. The van der Waals surface area contributed by atoms with Crippen LogP contribution in [0.25, 0.3) is 0 Å². The zero-order chi connectivity index (χ0) is 14.0. The van der Waals surface area contributed by atoms with E-state index in [1.54, 1.807) is 0 Å². The fourth-order valence-corrected chi connectivity index (χ4v) is 2.49. The smallest absolute Gasteiger partial charge is 0.0270 e. The molecule has 0 unspecified atom stereocenters. The molecule has 1 heteroatoms. The van der Waals surface area contributed by atoms with Gasteiger partial charge in [-0.25, -0.2) is 0 Å². The van der Waals surface area contributed by atoms with Crippen LogP contribution in [0.5, 0.6) is 0 Å². The van der Waals surface area contributed by atoms with Crippen LogP contribution in [0.2, 0.25) is 0 Å². The molecule has 0 saturated carbocycles. The molecule has 20 heavy (non-hydrogen) atoms. The van der Waals surface area contributed by atoms with Crippen molar-refractivity contribution in [3.8, 4) is 0 Å². The monoisotopic (exact) mass is 267 g/mol. The number of benzene rings is 1. The van der Waals surface area contributed by atoms with Crippen LogP contribution < -0.4 is 0 Å². The average molecular weight is 267 g/mol. The van der Waals surface area contributed by atoms with E-state index in [1.807, 2.05) is 6.20 Å². The molecule has 2 rings (SSSR count). The number of hydrogen-bond donors (Lipinski definition) is 0. The fraction of sp³-hybridized carbons (Fsp3) is 0.421. The van der Waals surface area contributed by atoms with Gasteiger partial charge in [0.15, 0.2) is 0 Å². The van der Waals surface area contributed by atoms with Crippen molar-refractivity contribution < 1.29 is 0 Å². The zero-order valence-electron chi connectivity index (χ0n) is 12.5. The summed E-state index contributed by atoms with van der Waals surface area (Å²) in [5.74, 6) is 0. The Bertz CT molecular complexity index is 480. The summed E-state index contributed by atoms with van der Waals surface area (Å²) in [6.07, 6.45) is 14.9. The average Bonchev–Trinajstić information content (AvgIpc) is 2.70. The highest BCUT2D eigenvalue weighted by Gasteiger charge is 2.03. The Kier molecular flexibility index (Phi) is 6.30. The molecule has 1 heterocycles. The molecule has 1 nitrogen and oxygen atoms in total. The maximum absolute atomic E-state index is 4.60. The number of hydrogen-bond acceptors (Lipinski definition) is 1. The van der Waals surface area contributed by atoms with Gasteiger partial charge in [-0.05, 0) is 36.5 Å². The van der Waals surface area contributed by atoms with Gasteiger partial charge in [0.05, 0.1) is 0 Å². The first kappa shape index (κ1) is 14.8. The van der Waals surface area contributed by atoms with Crippen LogP contribution in [0.15, 0.2) is 59.2 Å². The summed E-state index contributed by atoms with van der Waals surface area (Å²) in [6.45, 7) is 2.25. The van der Waals surface area contributed by atoms with E-state index in [4.69, 9.17) is 0 Å². The van der Waals surface area contributed by atoms with E-state index in [1.165, 1.54) is 42.5 Å². The van der Waals surface area contributed by atoms with E-state index in [9.17, 15) is 0 Å². The second kappa shape index (κ2) is 8.52. The van der Waals surface area contributed by atoms with Gasteiger partial charge in [0.1, 0.15) is 0 Å². The van der Waals surface area contributed by atoms with Crippen LogP contribution >= 0.6 is 0 Å². The molecular weight excluding hydrogens is 242 g/mol. The van der Waals surface area contributed by atoms with Gasteiger partial charge in [0.25, 0.3) is 0 Å². The van der Waals surface area contributed by atoms with Crippen LogP contribution in [0, 0.1) is 0 Å². The van der Waals surface area contributed by atoms with Crippen molar-refractivity contribution in [3.63, 3.8) is 0 Å². The van der Waals surface area contributed by atoms with Gasteiger partial charge in [-0.3, -0.25) is 4.99 Å². The highest BCUT2D eigenvalue weighted by atomic mass is 14.7. The molecule has 1 aliphatic rings. The maximum Gasteiger partial charge on any atom is 0.0270 e. The predicted octanol–water partition coefficient (Wildman–Crippen LogP) is 5.48. The van der Waals surface area contributed by atoms with Gasteiger partial charge < -0.3 is 0 Å². The Morgan fingerprint density at radius 3 is 2.70 bits per heavy atom. The Labute approximate surface area is 123 Å². The minimum Gasteiger partial charge on any atom is -0.265 e. The molecule has 0 aromatic heterocycles. The summed E-state index contributed by atoms with van der Waals surface area (Å²) in [4.78, 5) is 4.60. The lowest BCUT2D eigenvalue weighted by atomic mass is 10.0. The summed E-state index contributed by atoms with van der Waals surface area (Å²) in [5, 5.41) is 0. The molecule has 0 N–H and O–H groups in total. The third-order valence-electron chi connectivity index (χ3n) is 3.72. The topological polar surface area (TPSA) is 12.4 Å². The van der Waals surface area contributed by atoms with Gasteiger partial charge in [-0.1, -0.05) is 62.6 Å². The van der Waals surface area contributed by atoms with Crippen molar-refractivity contribution in [2.75, 3.05) is 0 Å². The quantitative estimate of drug-likeness (QED) is 0.580. The minimum absolute atomic E-state index is 1.01. The van der Waals surface area contributed by atoms with Crippen molar-refractivity contribution in [2.45, 2.75) is 51.9 Å². The van der Waals surface area contributed by atoms with Crippen LogP contribution in [-0.2, 0) is 6.42 Å².